The minimum atomic E-state index is -0.523. The SMILES string of the molecule is CC1CC1CNc1c(Cl)cc(N)cc1C(N)=O. The number of amides is 1. The molecule has 2 unspecified atom stereocenters. The van der Waals surface area contributed by atoms with Crippen LogP contribution in [0.4, 0.5) is 11.4 Å². The van der Waals surface area contributed by atoms with Gasteiger partial charge in [0.15, 0.2) is 0 Å². The molecule has 92 valence electrons. The van der Waals surface area contributed by atoms with Gasteiger partial charge in [-0.25, -0.2) is 0 Å². The van der Waals surface area contributed by atoms with Crippen LogP contribution in [0.5, 0.6) is 0 Å². The Labute approximate surface area is 105 Å². The van der Waals surface area contributed by atoms with Crippen LogP contribution >= 0.6 is 11.6 Å². The molecule has 0 bridgehead atoms. The van der Waals surface area contributed by atoms with Crippen LogP contribution in [0.15, 0.2) is 12.1 Å². The van der Waals surface area contributed by atoms with E-state index in [0.29, 0.717) is 27.9 Å². The summed E-state index contributed by atoms with van der Waals surface area (Å²) in [4.78, 5) is 11.3. The first kappa shape index (κ1) is 12.0. The molecule has 1 aromatic carbocycles. The maximum Gasteiger partial charge on any atom is 0.250 e. The normalized spacial score (nSPS) is 22.2. The van der Waals surface area contributed by atoms with Gasteiger partial charge >= 0.3 is 0 Å². The second-order valence-electron chi connectivity index (χ2n) is 4.64. The maximum absolute atomic E-state index is 11.3. The molecule has 2 rings (SSSR count). The molecule has 1 amide bonds. The lowest BCUT2D eigenvalue weighted by Gasteiger charge is -2.12. The second-order valence-corrected chi connectivity index (χ2v) is 5.05. The van der Waals surface area contributed by atoms with Crippen LogP contribution in [0.25, 0.3) is 0 Å². The van der Waals surface area contributed by atoms with Crippen LogP contribution in [0, 0.1) is 11.8 Å². The lowest BCUT2D eigenvalue weighted by molar-refractivity contribution is 0.100. The summed E-state index contributed by atoms with van der Waals surface area (Å²) in [6.45, 7) is 3.01. The Morgan fingerprint density at radius 2 is 2.24 bits per heavy atom. The molecule has 1 fully saturated rings. The Kier molecular flexibility index (Phi) is 3.15. The molecule has 5 N–H and O–H groups in total. The zero-order chi connectivity index (χ0) is 12.6. The van der Waals surface area contributed by atoms with Crippen LogP contribution in [-0.4, -0.2) is 12.5 Å². The minimum Gasteiger partial charge on any atom is -0.399 e. The van der Waals surface area contributed by atoms with E-state index in [1.807, 2.05) is 0 Å². The molecule has 1 saturated carbocycles. The average Bonchev–Trinajstić information content (AvgIpc) is 2.92. The van der Waals surface area contributed by atoms with Gasteiger partial charge in [-0.1, -0.05) is 18.5 Å². The number of rotatable bonds is 4. The van der Waals surface area contributed by atoms with Gasteiger partial charge in [-0.05, 0) is 30.4 Å². The second kappa shape index (κ2) is 4.45. The van der Waals surface area contributed by atoms with Crippen molar-refractivity contribution in [1.82, 2.24) is 0 Å². The molecule has 1 aliphatic rings. The van der Waals surface area contributed by atoms with Crippen molar-refractivity contribution in [3.05, 3.63) is 22.7 Å². The number of anilines is 2. The summed E-state index contributed by atoms with van der Waals surface area (Å²) in [5, 5.41) is 3.63. The number of halogens is 1. The Bertz CT molecular complexity index is 461. The van der Waals surface area contributed by atoms with E-state index in [1.54, 1.807) is 12.1 Å². The van der Waals surface area contributed by atoms with Crippen LogP contribution in [0.2, 0.25) is 5.02 Å². The van der Waals surface area contributed by atoms with Crippen molar-refractivity contribution in [2.45, 2.75) is 13.3 Å². The summed E-state index contributed by atoms with van der Waals surface area (Å²) < 4.78 is 0. The highest BCUT2D eigenvalue weighted by atomic mass is 35.5. The highest BCUT2D eigenvalue weighted by molar-refractivity contribution is 6.34. The summed E-state index contributed by atoms with van der Waals surface area (Å²) in [6, 6.07) is 3.17. The molecule has 0 radical (unpaired) electrons. The zero-order valence-electron chi connectivity index (χ0n) is 9.66. The first-order chi connectivity index (χ1) is 7.99. The molecule has 0 aromatic heterocycles. The number of nitrogens with two attached hydrogens (primary N) is 2. The number of benzene rings is 1. The molecular weight excluding hydrogens is 238 g/mol. The molecule has 1 aliphatic carbocycles. The van der Waals surface area contributed by atoms with Gasteiger partial charge in [-0.3, -0.25) is 4.79 Å². The number of carbonyl (C=O) groups excluding carboxylic acids is 1. The third-order valence-electron chi connectivity index (χ3n) is 3.20. The molecule has 17 heavy (non-hydrogen) atoms. The lowest BCUT2D eigenvalue weighted by Crippen LogP contribution is -2.16. The molecule has 5 heteroatoms. The quantitative estimate of drug-likeness (QED) is 0.719. The van der Waals surface area contributed by atoms with Gasteiger partial charge in [0.1, 0.15) is 0 Å². The van der Waals surface area contributed by atoms with Crippen molar-refractivity contribution in [2.24, 2.45) is 17.6 Å². The highest BCUT2D eigenvalue weighted by Gasteiger charge is 2.32. The zero-order valence-corrected chi connectivity index (χ0v) is 10.4. The van der Waals surface area contributed by atoms with Crippen LogP contribution in [0.1, 0.15) is 23.7 Å². The largest absolute Gasteiger partial charge is 0.399 e. The van der Waals surface area contributed by atoms with Crippen LogP contribution < -0.4 is 16.8 Å². The van der Waals surface area contributed by atoms with E-state index in [9.17, 15) is 4.79 Å². The lowest BCUT2D eigenvalue weighted by atomic mass is 10.1. The van der Waals surface area contributed by atoms with Gasteiger partial charge in [0.05, 0.1) is 16.3 Å². The summed E-state index contributed by atoms with van der Waals surface area (Å²) >= 11 is 6.07. The van der Waals surface area contributed by atoms with Gasteiger partial charge in [0, 0.05) is 12.2 Å². The smallest absolute Gasteiger partial charge is 0.250 e. The third kappa shape index (κ3) is 2.64. The van der Waals surface area contributed by atoms with Gasteiger partial charge in [-0.2, -0.15) is 0 Å². The predicted molar refractivity (Wildman–Crippen MR) is 70.1 cm³/mol. The van der Waals surface area contributed by atoms with Gasteiger partial charge in [0.2, 0.25) is 0 Å². The van der Waals surface area contributed by atoms with Crippen molar-refractivity contribution in [3.8, 4) is 0 Å². The maximum atomic E-state index is 11.3. The number of hydrogen-bond donors (Lipinski definition) is 3. The van der Waals surface area contributed by atoms with Crippen molar-refractivity contribution in [3.63, 3.8) is 0 Å². The van der Waals surface area contributed by atoms with E-state index in [0.717, 1.165) is 12.5 Å². The fraction of sp³-hybridized carbons (Fsp3) is 0.417. The highest BCUT2D eigenvalue weighted by Crippen LogP contribution is 2.38. The fourth-order valence-electron chi connectivity index (χ4n) is 1.92. The Hall–Kier alpha value is -1.42. The van der Waals surface area contributed by atoms with Crippen molar-refractivity contribution in [1.29, 1.82) is 0 Å². The summed E-state index contributed by atoms with van der Waals surface area (Å²) in [6.07, 6.45) is 1.21. The van der Waals surface area contributed by atoms with Crippen LogP contribution in [-0.2, 0) is 0 Å². The fourth-order valence-corrected chi connectivity index (χ4v) is 2.21. The average molecular weight is 254 g/mol. The monoisotopic (exact) mass is 253 g/mol. The molecule has 0 spiro atoms. The minimum absolute atomic E-state index is 0.350. The van der Waals surface area contributed by atoms with Crippen molar-refractivity contribution >= 4 is 28.9 Å². The predicted octanol–water partition coefficient (Wildman–Crippen LogP) is 2.09. The summed E-state index contributed by atoms with van der Waals surface area (Å²) in [5.74, 6) is 0.877. The first-order valence-corrected chi connectivity index (χ1v) is 5.99. The van der Waals surface area contributed by atoms with E-state index in [-0.39, 0.29) is 0 Å². The summed E-state index contributed by atoms with van der Waals surface area (Å²) in [7, 11) is 0. The van der Waals surface area contributed by atoms with Crippen molar-refractivity contribution in [2.75, 3.05) is 17.6 Å². The van der Waals surface area contributed by atoms with Crippen molar-refractivity contribution < 1.29 is 4.79 Å². The molecule has 4 nitrogen and oxygen atoms in total. The third-order valence-corrected chi connectivity index (χ3v) is 3.49. The van der Waals surface area contributed by atoms with Gasteiger partial charge < -0.3 is 16.8 Å². The standard InChI is InChI=1S/C12H16ClN3O/c1-6-2-7(6)5-16-11-9(12(15)17)3-8(14)4-10(11)13/h3-4,6-7,16H,2,5,14H2,1H3,(H2,15,17). The Balaban J connectivity index is 2.21. The molecular formula is C12H16ClN3O. The van der Waals surface area contributed by atoms with E-state index in [4.69, 9.17) is 23.1 Å². The van der Waals surface area contributed by atoms with E-state index in [2.05, 4.69) is 12.2 Å². The van der Waals surface area contributed by atoms with E-state index in [1.165, 1.54) is 6.42 Å². The topological polar surface area (TPSA) is 81.1 Å². The molecule has 0 heterocycles. The number of primary amides is 1. The van der Waals surface area contributed by atoms with Gasteiger partial charge in [0.25, 0.3) is 5.91 Å². The summed E-state index contributed by atoms with van der Waals surface area (Å²) in [5.41, 5.74) is 12.3. The first-order valence-electron chi connectivity index (χ1n) is 5.61. The number of nitrogens with one attached hydrogen (secondary N) is 1. The number of carbonyl (C=O) groups is 1. The van der Waals surface area contributed by atoms with Crippen LogP contribution in [0.3, 0.4) is 0 Å². The number of hydrogen-bond acceptors (Lipinski definition) is 3. The number of nitrogen functional groups attached to an aromatic ring is 1. The van der Waals surface area contributed by atoms with E-state index < -0.39 is 5.91 Å². The molecule has 0 aliphatic heterocycles. The molecule has 2 atom stereocenters. The Morgan fingerprint density at radius 3 is 2.76 bits per heavy atom. The van der Waals surface area contributed by atoms with E-state index >= 15 is 0 Å². The van der Waals surface area contributed by atoms with Gasteiger partial charge in [-0.15, -0.1) is 0 Å². The molecule has 0 saturated heterocycles. The molecule has 1 aromatic rings. The Morgan fingerprint density at radius 1 is 1.59 bits per heavy atom.